The first-order valence-electron chi connectivity index (χ1n) is 9.54. The number of likely N-dealkylation sites (tertiary alicyclic amines) is 1. The van der Waals surface area contributed by atoms with Gasteiger partial charge in [0.05, 0.1) is 12.5 Å². The van der Waals surface area contributed by atoms with Gasteiger partial charge >= 0.3 is 5.97 Å². The third-order valence-electron chi connectivity index (χ3n) is 5.58. The van der Waals surface area contributed by atoms with E-state index in [2.05, 4.69) is 27.3 Å². The van der Waals surface area contributed by atoms with Crippen LogP contribution >= 0.6 is 0 Å². The molecule has 2 aromatic heterocycles. The molecule has 0 unspecified atom stereocenters. The van der Waals surface area contributed by atoms with Gasteiger partial charge in [0.15, 0.2) is 0 Å². The smallest absolute Gasteiger partial charge is 0.309 e. The number of aromatic nitrogens is 4. The molecule has 2 aromatic rings. The highest BCUT2D eigenvalue weighted by Gasteiger charge is 2.46. The summed E-state index contributed by atoms with van der Waals surface area (Å²) in [4.78, 5) is 31.8. The van der Waals surface area contributed by atoms with E-state index >= 15 is 0 Å². The number of hydrogen-bond donors (Lipinski definition) is 0. The van der Waals surface area contributed by atoms with Crippen LogP contribution in [0.25, 0.3) is 5.82 Å². The largest absolute Gasteiger partial charge is 0.466 e. The van der Waals surface area contributed by atoms with Crippen molar-refractivity contribution in [1.29, 1.82) is 0 Å². The fourth-order valence-electron chi connectivity index (χ4n) is 4.23. The third kappa shape index (κ3) is 3.30. The number of fused-ring (bicyclic) bond motifs is 1. The molecule has 1 saturated heterocycles. The molecular formula is C20H23N5O3. The number of nitrogens with zero attached hydrogens (tertiary/aromatic N) is 5. The zero-order valence-corrected chi connectivity index (χ0v) is 15.9. The van der Waals surface area contributed by atoms with E-state index in [1.807, 2.05) is 13.8 Å². The van der Waals surface area contributed by atoms with Gasteiger partial charge in [-0.1, -0.05) is 25.1 Å². The summed E-state index contributed by atoms with van der Waals surface area (Å²) in [6, 6.07) is 5.30. The number of amides is 1. The van der Waals surface area contributed by atoms with Gasteiger partial charge in [-0.3, -0.25) is 14.2 Å². The average molecular weight is 381 g/mol. The van der Waals surface area contributed by atoms with Crippen LogP contribution in [-0.2, 0) is 9.53 Å². The first-order chi connectivity index (χ1) is 13.6. The van der Waals surface area contributed by atoms with Crippen molar-refractivity contribution in [2.45, 2.75) is 13.8 Å². The van der Waals surface area contributed by atoms with E-state index in [1.165, 1.54) is 12.7 Å². The van der Waals surface area contributed by atoms with Crippen LogP contribution in [0.3, 0.4) is 0 Å². The highest BCUT2D eigenvalue weighted by atomic mass is 16.5. The predicted octanol–water partition coefficient (Wildman–Crippen LogP) is 1.74. The molecule has 8 nitrogen and oxygen atoms in total. The van der Waals surface area contributed by atoms with Crippen LogP contribution < -0.4 is 0 Å². The van der Waals surface area contributed by atoms with Crippen molar-refractivity contribution in [3.8, 4) is 5.82 Å². The van der Waals surface area contributed by atoms with Gasteiger partial charge in [-0.05, 0) is 36.8 Å². The van der Waals surface area contributed by atoms with Crippen molar-refractivity contribution in [2.24, 2.45) is 23.7 Å². The summed E-state index contributed by atoms with van der Waals surface area (Å²) in [5.74, 6) is 0.406. The number of rotatable bonds is 4. The predicted molar refractivity (Wildman–Crippen MR) is 100 cm³/mol. The Kier molecular flexibility index (Phi) is 4.93. The summed E-state index contributed by atoms with van der Waals surface area (Å²) in [6.45, 7) is 5.33. The van der Waals surface area contributed by atoms with Crippen LogP contribution in [0, 0.1) is 23.7 Å². The maximum absolute atomic E-state index is 13.1. The molecule has 0 radical (unpaired) electrons. The monoisotopic (exact) mass is 381 g/mol. The van der Waals surface area contributed by atoms with E-state index < -0.39 is 0 Å². The second kappa shape index (κ2) is 7.53. The highest BCUT2D eigenvalue weighted by Crippen LogP contribution is 2.40. The van der Waals surface area contributed by atoms with E-state index in [-0.39, 0.29) is 35.5 Å². The third-order valence-corrected chi connectivity index (χ3v) is 5.58. The first kappa shape index (κ1) is 18.3. The normalized spacial score (nSPS) is 26.1. The van der Waals surface area contributed by atoms with Gasteiger partial charge in [-0.15, -0.1) is 10.2 Å². The van der Waals surface area contributed by atoms with E-state index in [9.17, 15) is 9.59 Å². The van der Waals surface area contributed by atoms with E-state index in [0.29, 0.717) is 31.2 Å². The van der Waals surface area contributed by atoms with Crippen molar-refractivity contribution in [3.63, 3.8) is 0 Å². The lowest BCUT2D eigenvalue weighted by Gasteiger charge is -2.31. The summed E-state index contributed by atoms with van der Waals surface area (Å²) in [5, 5.41) is 7.55. The molecule has 1 aliphatic heterocycles. The van der Waals surface area contributed by atoms with Gasteiger partial charge < -0.3 is 9.64 Å². The van der Waals surface area contributed by atoms with E-state index in [0.717, 1.165) is 0 Å². The Morgan fingerprint density at radius 1 is 1.18 bits per heavy atom. The number of carbonyl (C=O) groups excluding carboxylic acids is 2. The van der Waals surface area contributed by atoms with Gasteiger partial charge in [0.1, 0.15) is 24.2 Å². The molecule has 146 valence electrons. The number of carbonyl (C=O) groups is 2. The first-order valence-corrected chi connectivity index (χ1v) is 9.54. The van der Waals surface area contributed by atoms with Crippen LogP contribution in [0.1, 0.15) is 24.3 Å². The molecule has 0 spiro atoms. The van der Waals surface area contributed by atoms with Crippen LogP contribution in [0.5, 0.6) is 0 Å². The molecular weight excluding hydrogens is 358 g/mol. The zero-order valence-electron chi connectivity index (χ0n) is 15.9. The molecule has 0 bridgehead atoms. The molecule has 0 aromatic carbocycles. The van der Waals surface area contributed by atoms with Crippen LogP contribution in [0.2, 0.25) is 0 Å². The van der Waals surface area contributed by atoms with Crippen molar-refractivity contribution in [3.05, 3.63) is 48.7 Å². The summed E-state index contributed by atoms with van der Waals surface area (Å²) in [7, 11) is 0. The van der Waals surface area contributed by atoms with Gasteiger partial charge in [-0.25, -0.2) is 4.98 Å². The summed E-state index contributed by atoms with van der Waals surface area (Å²) in [5.41, 5.74) is 0.370. The molecule has 1 aliphatic carbocycles. The van der Waals surface area contributed by atoms with E-state index in [1.54, 1.807) is 27.7 Å². The lowest BCUT2D eigenvalue weighted by molar-refractivity contribution is -0.152. The number of allylic oxidation sites excluding steroid dienone is 1. The fraction of sp³-hybridized carbons (Fsp3) is 0.450. The molecule has 8 heteroatoms. The van der Waals surface area contributed by atoms with Crippen LogP contribution in [0.4, 0.5) is 0 Å². The Balaban J connectivity index is 1.54. The molecule has 1 amide bonds. The molecule has 4 atom stereocenters. The van der Waals surface area contributed by atoms with E-state index in [4.69, 9.17) is 4.74 Å². The molecule has 2 aliphatic rings. The molecule has 4 rings (SSSR count). The SMILES string of the molecule is CCOC(=O)[C@@H]1[C@H]2CN(C(=O)c3cccc(-n4cnnc4)n3)C[C@@H]2C=C[C@@H]1C. The number of pyridine rings is 1. The van der Waals surface area contributed by atoms with Crippen molar-refractivity contribution in [1.82, 2.24) is 24.6 Å². The standard InChI is InChI=1S/C20H23N5O3/c1-3-28-20(27)18-13(2)7-8-14-9-24(10-15(14)18)19(26)16-5-4-6-17(23-16)25-11-21-22-12-25/h4-8,11-15,18H,3,9-10H2,1-2H3/t13-,14-,15-,18-/m0/s1. The van der Waals surface area contributed by atoms with Gasteiger partial charge in [0.2, 0.25) is 0 Å². The average Bonchev–Trinajstić information content (AvgIpc) is 3.37. The fourth-order valence-corrected chi connectivity index (χ4v) is 4.23. The minimum Gasteiger partial charge on any atom is -0.466 e. The van der Waals surface area contributed by atoms with Gasteiger partial charge in [-0.2, -0.15) is 0 Å². The minimum atomic E-state index is -0.218. The highest BCUT2D eigenvalue weighted by molar-refractivity contribution is 5.92. The van der Waals surface area contributed by atoms with Crippen LogP contribution in [0.15, 0.2) is 43.0 Å². The van der Waals surface area contributed by atoms with Crippen molar-refractivity contribution >= 4 is 11.9 Å². The summed E-state index contributed by atoms with van der Waals surface area (Å²) in [6.07, 6.45) is 7.29. The van der Waals surface area contributed by atoms with Crippen LogP contribution in [-0.4, -0.2) is 56.2 Å². The van der Waals surface area contributed by atoms with Gasteiger partial charge in [0, 0.05) is 13.1 Å². The Bertz CT molecular complexity index is 895. The van der Waals surface area contributed by atoms with Gasteiger partial charge in [0.25, 0.3) is 5.91 Å². The molecule has 0 saturated carbocycles. The summed E-state index contributed by atoms with van der Waals surface area (Å²) < 4.78 is 6.95. The molecule has 28 heavy (non-hydrogen) atoms. The van der Waals surface area contributed by atoms with Crippen molar-refractivity contribution in [2.75, 3.05) is 19.7 Å². The maximum Gasteiger partial charge on any atom is 0.309 e. The number of hydrogen-bond acceptors (Lipinski definition) is 6. The quantitative estimate of drug-likeness (QED) is 0.592. The number of ether oxygens (including phenoxy) is 1. The lowest BCUT2D eigenvalue weighted by atomic mass is 9.72. The topological polar surface area (TPSA) is 90.2 Å². The molecule has 1 fully saturated rings. The molecule has 0 N–H and O–H groups in total. The second-order valence-corrected chi connectivity index (χ2v) is 7.31. The second-order valence-electron chi connectivity index (χ2n) is 7.31. The Morgan fingerprint density at radius 2 is 1.96 bits per heavy atom. The summed E-state index contributed by atoms with van der Waals surface area (Å²) >= 11 is 0. The Morgan fingerprint density at radius 3 is 2.71 bits per heavy atom. The Hall–Kier alpha value is -3.03. The maximum atomic E-state index is 13.1. The molecule has 3 heterocycles. The zero-order chi connectivity index (χ0) is 19.7. The lowest BCUT2D eigenvalue weighted by Crippen LogP contribution is -2.37. The minimum absolute atomic E-state index is 0.0732. The Labute approximate surface area is 163 Å². The number of esters is 1. The van der Waals surface area contributed by atoms with Crippen molar-refractivity contribution < 1.29 is 14.3 Å².